The van der Waals surface area contributed by atoms with Gasteiger partial charge in [0.1, 0.15) is 12.8 Å². The topological polar surface area (TPSA) is 186 Å². The minimum atomic E-state index is -5.10. The maximum Gasteiger partial charge on any atom is 0.470 e. The Morgan fingerprint density at radius 3 is 2.46 bits per heavy atom. The van der Waals surface area contributed by atoms with Crippen molar-refractivity contribution in [3.63, 3.8) is 0 Å². The Bertz CT molecular complexity index is 1850. The summed E-state index contributed by atoms with van der Waals surface area (Å²) in [4.78, 5) is 45.3. The number of nitrogen functional groups attached to an aromatic ring is 1. The van der Waals surface area contributed by atoms with E-state index in [-0.39, 0.29) is 31.4 Å². The number of fused-ring (bicyclic) bond motifs is 7. The molecular weight excluding hydrogens is 675 g/mol. The third-order valence-corrected chi connectivity index (χ3v) is 12.7. The van der Waals surface area contributed by atoms with Gasteiger partial charge in [0.25, 0.3) is 0 Å². The molecule has 4 aliphatic carbocycles. The Hall–Kier alpha value is -3.13. The van der Waals surface area contributed by atoms with Crippen molar-refractivity contribution in [2.24, 2.45) is 22.7 Å². The van der Waals surface area contributed by atoms with E-state index in [1.165, 1.54) is 19.1 Å². The normalized spacial score (nSPS) is 39.0. The lowest BCUT2D eigenvalue weighted by atomic mass is 9.44. The first-order chi connectivity index (χ1) is 23.5. The zero-order chi connectivity index (χ0) is 36.0. The number of aliphatic hydroxyl groups is 2. The van der Waals surface area contributed by atoms with Crippen LogP contribution >= 0.6 is 7.82 Å². The molecule has 50 heavy (non-hydrogen) atoms. The van der Waals surface area contributed by atoms with E-state index in [9.17, 15) is 34.2 Å². The molecule has 11 nitrogen and oxygen atoms in total. The molecule has 7 rings (SSSR count). The van der Waals surface area contributed by atoms with Crippen LogP contribution in [0.1, 0.15) is 61.7 Å². The fraction of sp³-hybridized carbons (Fsp3) is 0.500. The van der Waals surface area contributed by atoms with Crippen LogP contribution in [0.4, 0.5) is 14.5 Å². The number of ether oxygens (including phenoxy) is 2. The summed E-state index contributed by atoms with van der Waals surface area (Å²) in [6, 6.07) is 12.6. The fourth-order valence-electron chi connectivity index (χ4n) is 9.77. The van der Waals surface area contributed by atoms with Crippen LogP contribution in [-0.4, -0.2) is 67.8 Å². The largest absolute Gasteiger partial charge is 0.470 e. The number of carbonyl (C=O) groups is 2. The number of anilines is 1. The SMILES string of the molecule is C[C@]12C=CC(=O)C=C1[C@@H](F)C[C@H]1[C@@H]3C[C@H]4O[C@@H](c5ccc(Cc6ccc(CO)c(N)c6)cc5)O[C@@]4(C(=O)COP(=O)(O)O)[C@@]3(C)C[C@H](O)[C@@]12F. The van der Waals surface area contributed by atoms with Gasteiger partial charge in [0.05, 0.1) is 18.8 Å². The van der Waals surface area contributed by atoms with Gasteiger partial charge in [0, 0.05) is 33.6 Å². The number of allylic oxidation sites excluding steroid dienone is 4. The summed E-state index contributed by atoms with van der Waals surface area (Å²) in [6.45, 7) is 1.92. The number of alkyl halides is 2. The molecule has 0 amide bonds. The predicted octanol–water partition coefficient (Wildman–Crippen LogP) is 4.11. The molecule has 268 valence electrons. The number of nitrogens with two attached hydrogens (primary N) is 1. The summed E-state index contributed by atoms with van der Waals surface area (Å²) in [5, 5.41) is 21.2. The van der Waals surface area contributed by atoms with Crippen LogP contribution in [-0.2, 0) is 41.2 Å². The number of benzene rings is 2. The van der Waals surface area contributed by atoms with E-state index in [2.05, 4.69) is 4.52 Å². The Morgan fingerprint density at radius 1 is 1.10 bits per heavy atom. The first-order valence-corrected chi connectivity index (χ1v) is 18.1. The molecule has 14 heteroatoms. The minimum Gasteiger partial charge on any atom is -0.398 e. The molecule has 2 aromatic rings. The Balaban J connectivity index is 1.22. The molecule has 5 aliphatic rings. The zero-order valence-corrected chi connectivity index (χ0v) is 28.4. The van der Waals surface area contributed by atoms with Gasteiger partial charge in [-0.2, -0.15) is 0 Å². The zero-order valence-electron chi connectivity index (χ0n) is 27.5. The molecular formula is C36H40F2NO10P. The van der Waals surface area contributed by atoms with Gasteiger partial charge in [-0.15, -0.1) is 0 Å². The summed E-state index contributed by atoms with van der Waals surface area (Å²) in [7, 11) is -5.10. The van der Waals surface area contributed by atoms with Crippen molar-refractivity contribution in [1.82, 2.24) is 0 Å². The number of aliphatic hydroxyl groups excluding tert-OH is 2. The molecule has 10 atom stereocenters. The van der Waals surface area contributed by atoms with Crippen LogP contribution < -0.4 is 5.73 Å². The third-order valence-electron chi connectivity index (χ3n) is 12.2. The molecule has 1 heterocycles. The van der Waals surface area contributed by atoms with E-state index in [4.69, 9.17) is 15.2 Å². The van der Waals surface area contributed by atoms with Crippen molar-refractivity contribution in [2.45, 2.75) is 82.1 Å². The average molecular weight is 716 g/mol. The van der Waals surface area contributed by atoms with Crippen molar-refractivity contribution in [1.29, 1.82) is 0 Å². The number of phosphoric acid groups is 1. The van der Waals surface area contributed by atoms with Crippen molar-refractivity contribution in [3.05, 3.63) is 88.5 Å². The maximum absolute atomic E-state index is 17.7. The summed E-state index contributed by atoms with van der Waals surface area (Å²) in [5.41, 5.74) is 2.12. The van der Waals surface area contributed by atoms with E-state index in [0.717, 1.165) is 17.2 Å². The molecule has 0 aromatic heterocycles. The number of phosphoric ester groups is 1. The van der Waals surface area contributed by atoms with Crippen LogP contribution in [0.15, 0.2) is 66.3 Å². The van der Waals surface area contributed by atoms with Gasteiger partial charge >= 0.3 is 7.82 Å². The molecule has 0 bridgehead atoms. The van der Waals surface area contributed by atoms with E-state index < -0.39 is 84.6 Å². The number of halogens is 2. The summed E-state index contributed by atoms with van der Waals surface area (Å²) in [6.07, 6.45) is -2.10. The smallest absolute Gasteiger partial charge is 0.398 e. The summed E-state index contributed by atoms with van der Waals surface area (Å²) >= 11 is 0. The van der Waals surface area contributed by atoms with E-state index >= 15 is 8.78 Å². The highest BCUT2D eigenvalue weighted by Gasteiger charge is 2.80. The number of Topliss-reactive ketones (excluding diaryl/α,β-unsaturated/α-hetero) is 1. The van der Waals surface area contributed by atoms with Crippen LogP contribution in [0.3, 0.4) is 0 Å². The van der Waals surface area contributed by atoms with Gasteiger partial charge in [-0.05, 0) is 73.4 Å². The van der Waals surface area contributed by atoms with E-state index in [1.807, 2.05) is 18.2 Å². The molecule has 6 N–H and O–H groups in total. The van der Waals surface area contributed by atoms with Crippen molar-refractivity contribution >= 4 is 25.1 Å². The van der Waals surface area contributed by atoms with Gasteiger partial charge in [-0.1, -0.05) is 49.4 Å². The molecule has 1 saturated heterocycles. The highest BCUT2D eigenvalue weighted by atomic mass is 31.2. The molecule has 0 spiro atoms. The van der Waals surface area contributed by atoms with Crippen molar-refractivity contribution < 1.29 is 56.9 Å². The lowest BCUT2D eigenvalue weighted by Gasteiger charge is -2.63. The highest BCUT2D eigenvalue weighted by Crippen LogP contribution is 2.72. The number of ketones is 2. The Morgan fingerprint density at radius 2 is 1.80 bits per heavy atom. The van der Waals surface area contributed by atoms with E-state index in [1.54, 1.807) is 31.2 Å². The van der Waals surface area contributed by atoms with Gasteiger partial charge < -0.3 is 35.2 Å². The van der Waals surface area contributed by atoms with Gasteiger partial charge in [-0.25, -0.2) is 13.3 Å². The second-order valence-corrected chi connectivity index (χ2v) is 15.9. The average Bonchev–Trinajstić information content (AvgIpc) is 3.56. The lowest BCUT2D eigenvalue weighted by molar-refractivity contribution is -0.235. The summed E-state index contributed by atoms with van der Waals surface area (Å²) in [5.74, 6) is -3.21. The molecule has 3 saturated carbocycles. The fourth-order valence-corrected chi connectivity index (χ4v) is 10.1. The predicted molar refractivity (Wildman–Crippen MR) is 174 cm³/mol. The van der Waals surface area contributed by atoms with E-state index in [0.29, 0.717) is 23.2 Å². The monoisotopic (exact) mass is 715 g/mol. The lowest BCUT2D eigenvalue weighted by Crippen LogP contribution is -2.70. The molecule has 4 fully saturated rings. The van der Waals surface area contributed by atoms with Crippen molar-refractivity contribution in [3.8, 4) is 0 Å². The standard InChI is InChI=1S/C36H40F2NO10P/c1-33-10-9-23(41)13-26(33)27(37)14-25-24-15-31-36(30(43)18-47-50(44,45)46,34(24,2)16-29(42)35(25,33)38)49-32(48-31)21-6-3-19(4-7-21)11-20-5-8-22(17-40)28(39)12-20/h3-10,12-13,24-25,27,29,31-32,40,42H,11,14-18,39H2,1-2H3,(H2,44,45,46)/t24-,25-,27-,29-,31+,32+,33-,34-,35-,36+/m0/s1. The number of carbonyl (C=O) groups excluding carboxylic acids is 2. The quantitative estimate of drug-likeness (QED) is 0.196. The van der Waals surface area contributed by atoms with Crippen LogP contribution in [0.2, 0.25) is 0 Å². The first kappa shape index (κ1) is 35.3. The molecule has 1 aliphatic heterocycles. The highest BCUT2D eigenvalue weighted by molar-refractivity contribution is 7.46. The van der Waals surface area contributed by atoms with Crippen LogP contribution in [0.25, 0.3) is 0 Å². The number of rotatable bonds is 8. The second-order valence-electron chi connectivity index (χ2n) is 14.7. The molecule has 0 radical (unpaired) electrons. The molecule has 0 unspecified atom stereocenters. The minimum absolute atomic E-state index is 0.0333. The molecule has 2 aromatic carbocycles. The Kier molecular flexibility index (Phi) is 8.44. The van der Waals surface area contributed by atoms with Gasteiger partial charge in [0.15, 0.2) is 29.1 Å². The first-order valence-electron chi connectivity index (χ1n) is 16.6. The number of hydrogen-bond donors (Lipinski definition) is 5. The second kappa shape index (κ2) is 12.0. The van der Waals surface area contributed by atoms with Crippen LogP contribution in [0, 0.1) is 22.7 Å². The van der Waals surface area contributed by atoms with Crippen LogP contribution in [0.5, 0.6) is 0 Å². The van der Waals surface area contributed by atoms with Crippen molar-refractivity contribution in [2.75, 3.05) is 12.3 Å². The van der Waals surface area contributed by atoms with Gasteiger partial charge in [-0.3, -0.25) is 14.1 Å². The van der Waals surface area contributed by atoms with Gasteiger partial charge in [0.2, 0.25) is 0 Å². The number of hydrogen-bond acceptors (Lipinski definition) is 9. The maximum atomic E-state index is 17.7. The summed E-state index contributed by atoms with van der Waals surface area (Å²) < 4.78 is 62.9. The third kappa shape index (κ3) is 5.12. The Labute approximate surface area is 287 Å².